The van der Waals surface area contributed by atoms with E-state index in [-0.39, 0.29) is 5.56 Å². The number of primary amides is 1. The zero-order valence-corrected chi connectivity index (χ0v) is 19.5. The van der Waals surface area contributed by atoms with Crippen LogP contribution in [0.4, 0.5) is 10.1 Å². The summed E-state index contributed by atoms with van der Waals surface area (Å²) in [6.07, 6.45) is 3.01. The number of carbonyl (C=O) groups is 1. The van der Waals surface area contributed by atoms with Crippen molar-refractivity contribution in [1.82, 2.24) is 19.9 Å². The second kappa shape index (κ2) is 9.34. The van der Waals surface area contributed by atoms with Crippen LogP contribution in [0.15, 0.2) is 48.9 Å². The molecular weight excluding hydrogens is 447 g/mol. The van der Waals surface area contributed by atoms with E-state index >= 15 is 4.39 Å². The molecule has 0 saturated carbocycles. The van der Waals surface area contributed by atoms with E-state index in [0.717, 1.165) is 24.5 Å². The minimum Gasteiger partial charge on any atom is -0.378 e. The second-order valence-corrected chi connectivity index (χ2v) is 8.58. The zero-order chi connectivity index (χ0) is 24.5. The highest BCUT2D eigenvalue weighted by atomic mass is 19.1. The minimum absolute atomic E-state index is 0.262. The lowest BCUT2D eigenvalue weighted by molar-refractivity contribution is -0.118. The average Bonchev–Trinajstić information content (AvgIpc) is 2.86. The van der Waals surface area contributed by atoms with Crippen molar-refractivity contribution in [3.05, 3.63) is 77.4 Å². The van der Waals surface area contributed by atoms with Crippen LogP contribution < -0.4 is 10.6 Å². The van der Waals surface area contributed by atoms with Crippen LogP contribution >= 0.6 is 0 Å². The number of anilines is 1. The summed E-state index contributed by atoms with van der Waals surface area (Å²) >= 11 is 0. The SMILES string of the molecule is Cc1cnc(C(C(N)=O)c2ccc(F)c(-c3ncnc4cc(N5CCOCC5)ccc34)c2)c(C)n1. The fourth-order valence-corrected chi connectivity index (χ4v) is 4.53. The van der Waals surface area contributed by atoms with E-state index in [9.17, 15) is 4.79 Å². The Morgan fingerprint density at radius 3 is 2.63 bits per heavy atom. The average molecular weight is 473 g/mol. The summed E-state index contributed by atoms with van der Waals surface area (Å²) in [5, 5.41) is 0.711. The Balaban J connectivity index is 1.60. The predicted molar refractivity (Wildman–Crippen MR) is 131 cm³/mol. The highest BCUT2D eigenvalue weighted by Gasteiger charge is 2.26. The number of aryl methyl sites for hydroxylation is 2. The molecule has 1 amide bonds. The van der Waals surface area contributed by atoms with Crippen LogP contribution in [-0.2, 0) is 9.53 Å². The molecular formula is C26H25FN6O2. The molecule has 1 atom stereocenters. The minimum atomic E-state index is -0.872. The zero-order valence-electron chi connectivity index (χ0n) is 19.5. The van der Waals surface area contributed by atoms with E-state index in [1.54, 1.807) is 25.3 Å². The molecule has 2 N–H and O–H groups in total. The van der Waals surface area contributed by atoms with Gasteiger partial charge in [-0.05, 0) is 49.7 Å². The number of benzene rings is 2. The summed E-state index contributed by atoms with van der Waals surface area (Å²) in [5.74, 6) is -1.92. The standard InChI is InChI=1S/C26H25FN6O2/c1-15-13-29-24(16(2)32-15)23(26(28)34)17-3-6-21(27)20(11-17)25-19-5-4-18(12-22(19)30-14-31-25)33-7-9-35-10-8-33/h3-6,11-14,23H,7-10H2,1-2H3,(H2,28,34). The van der Waals surface area contributed by atoms with Gasteiger partial charge in [0.15, 0.2) is 0 Å². The summed E-state index contributed by atoms with van der Waals surface area (Å²) in [7, 11) is 0. The number of aromatic nitrogens is 4. The molecule has 9 heteroatoms. The van der Waals surface area contributed by atoms with Gasteiger partial charge in [0.25, 0.3) is 0 Å². The molecule has 1 fully saturated rings. The summed E-state index contributed by atoms with van der Waals surface area (Å²) in [6.45, 7) is 6.56. The quantitative estimate of drug-likeness (QED) is 0.475. The molecule has 0 spiro atoms. The molecule has 2 aromatic carbocycles. The number of amides is 1. The molecule has 5 rings (SSSR count). The molecule has 1 aliphatic heterocycles. The van der Waals surface area contributed by atoms with E-state index in [1.807, 2.05) is 25.1 Å². The summed E-state index contributed by atoms with van der Waals surface area (Å²) in [5.41, 5.74) is 10.5. The molecule has 8 nitrogen and oxygen atoms in total. The molecule has 0 bridgehead atoms. The second-order valence-electron chi connectivity index (χ2n) is 8.58. The maximum absolute atomic E-state index is 15.1. The molecule has 1 aliphatic rings. The Kier molecular flexibility index (Phi) is 6.08. The molecule has 178 valence electrons. The highest BCUT2D eigenvalue weighted by Crippen LogP contribution is 2.34. The van der Waals surface area contributed by atoms with Gasteiger partial charge in [0.1, 0.15) is 18.1 Å². The molecule has 35 heavy (non-hydrogen) atoms. The van der Waals surface area contributed by atoms with Crippen molar-refractivity contribution in [2.24, 2.45) is 5.73 Å². The molecule has 3 heterocycles. The van der Waals surface area contributed by atoms with Crippen molar-refractivity contribution >= 4 is 22.5 Å². The molecule has 1 unspecified atom stereocenters. The summed E-state index contributed by atoms with van der Waals surface area (Å²) < 4.78 is 20.6. The molecule has 2 aromatic heterocycles. The fourth-order valence-electron chi connectivity index (χ4n) is 4.53. The van der Waals surface area contributed by atoms with Crippen LogP contribution in [-0.4, -0.2) is 52.1 Å². The van der Waals surface area contributed by atoms with Crippen molar-refractivity contribution in [2.75, 3.05) is 31.2 Å². The molecule has 0 radical (unpaired) electrons. The summed E-state index contributed by atoms with van der Waals surface area (Å²) in [4.78, 5) is 32.4. The lowest BCUT2D eigenvalue weighted by Gasteiger charge is -2.29. The van der Waals surface area contributed by atoms with E-state index in [1.165, 1.54) is 12.4 Å². The van der Waals surface area contributed by atoms with Gasteiger partial charge in [-0.25, -0.2) is 14.4 Å². The van der Waals surface area contributed by atoms with Gasteiger partial charge in [-0.3, -0.25) is 14.8 Å². The smallest absolute Gasteiger partial charge is 0.231 e. The van der Waals surface area contributed by atoms with Crippen molar-refractivity contribution in [3.8, 4) is 11.3 Å². The number of morpholine rings is 1. The van der Waals surface area contributed by atoms with Gasteiger partial charge in [0, 0.05) is 35.9 Å². The third kappa shape index (κ3) is 4.42. The summed E-state index contributed by atoms with van der Waals surface area (Å²) in [6, 6.07) is 10.4. The lowest BCUT2D eigenvalue weighted by Crippen LogP contribution is -2.36. The van der Waals surface area contributed by atoms with E-state index in [2.05, 4.69) is 24.8 Å². The number of rotatable bonds is 5. The normalized spacial score (nSPS) is 14.8. The van der Waals surface area contributed by atoms with Crippen LogP contribution in [0.25, 0.3) is 22.2 Å². The van der Waals surface area contributed by atoms with Crippen molar-refractivity contribution < 1.29 is 13.9 Å². The van der Waals surface area contributed by atoms with Crippen molar-refractivity contribution in [1.29, 1.82) is 0 Å². The van der Waals surface area contributed by atoms with Crippen molar-refractivity contribution in [3.63, 3.8) is 0 Å². The predicted octanol–water partition coefficient (Wildman–Crippen LogP) is 3.30. The third-order valence-corrected chi connectivity index (χ3v) is 6.24. The van der Waals surface area contributed by atoms with Crippen LogP contribution in [0, 0.1) is 19.7 Å². The first-order chi connectivity index (χ1) is 16.9. The van der Waals surface area contributed by atoms with Crippen LogP contribution in [0.3, 0.4) is 0 Å². The van der Waals surface area contributed by atoms with Crippen LogP contribution in [0.5, 0.6) is 0 Å². The maximum Gasteiger partial charge on any atom is 0.231 e. The van der Waals surface area contributed by atoms with Gasteiger partial charge in [-0.1, -0.05) is 6.07 Å². The van der Waals surface area contributed by atoms with E-state index in [0.29, 0.717) is 46.8 Å². The van der Waals surface area contributed by atoms with Crippen LogP contribution in [0.1, 0.15) is 28.6 Å². The number of hydrogen-bond acceptors (Lipinski definition) is 7. The van der Waals surface area contributed by atoms with Crippen molar-refractivity contribution in [2.45, 2.75) is 19.8 Å². The van der Waals surface area contributed by atoms with Gasteiger partial charge >= 0.3 is 0 Å². The molecule has 1 saturated heterocycles. The number of fused-ring (bicyclic) bond motifs is 1. The number of ether oxygens (including phenoxy) is 1. The van der Waals surface area contributed by atoms with Gasteiger partial charge in [0.2, 0.25) is 5.91 Å². The molecule has 0 aliphatic carbocycles. The number of nitrogens with two attached hydrogens (primary N) is 1. The lowest BCUT2D eigenvalue weighted by atomic mass is 9.91. The van der Waals surface area contributed by atoms with Gasteiger partial charge in [0.05, 0.1) is 41.5 Å². The van der Waals surface area contributed by atoms with E-state index in [4.69, 9.17) is 10.5 Å². The van der Waals surface area contributed by atoms with Gasteiger partial charge in [-0.15, -0.1) is 0 Å². The number of halogens is 1. The molecule has 4 aromatic rings. The van der Waals surface area contributed by atoms with E-state index < -0.39 is 17.6 Å². The Bertz CT molecular complexity index is 1420. The third-order valence-electron chi connectivity index (χ3n) is 6.24. The number of carbonyl (C=O) groups excluding carboxylic acids is 1. The first-order valence-corrected chi connectivity index (χ1v) is 11.4. The Morgan fingerprint density at radius 1 is 1.09 bits per heavy atom. The first kappa shape index (κ1) is 22.8. The monoisotopic (exact) mass is 472 g/mol. The van der Waals surface area contributed by atoms with Gasteiger partial charge < -0.3 is 15.4 Å². The number of hydrogen-bond donors (Lipinski definition) is 1. The Labute approximate surface area is 202 Å². The fraction of sp³-hybridized carbons (Fsp3) is 0.269. The topological polar surface area (TPSA) is 107 Å². The highest BCUT2D eigenvalue weighted by molar-refractivity contribution is 5.94. The maximum atomic E-state index is 15.1. The Morgan fingerprint density at radius 2 is 1.89 bits per heavy atom. The Hall–Kier alpha value is -3.98. The van der Waals surface area contributed by atoms with Crippen LogP contribution in [0.2, 0.25) is 0 Å². The largest absolute Gasteiger partial charge is 0.378 e. The number of nitrogens with zero attached hydrogens (tertiary/aromatic N) is 5. The first-order valence-electron chi connectivity index (χ1n) is 11.4. The van der Waals surface area contributed by atoms with Gasteiger partial charge in [-0.2, -0.15) is 0 Å².